The number of carbonyl (C=O) groups excluding carboxylic acids is 1. The van der Waals surface area contributed by atoms with Gasteiger partial charge in [-0.3, -0.25) is 9.10 Å². The first-order chi connectivity index (χ1) is 11.8. The van der Waals surface area contributed by atoms with Crippen molar-refractivity contribution in [2.75, 3.05) is 22.4 Å². The van der Waals surface area contributed by atoms with Gasteiger partial charge in [0.25, 0.3) is 0 Å². The summed E-state index contributed by atoms with van der Waals surface area (Å²) in [6.45, 7) is 1.98. The summed E-state index contributed by atoms with van der Waals surface area (Å²) in [7, 11) is -3.52. The Hall–Kier alpha value is -2.41. The van der Waals surface area contributed by atoms with E-state index in [4.69, 9.17) is 0 Å². The average molecular weight is 364 g/mol. The Morgan fingerprint density at radius 2 is 1.76 bits per heavy atom. The second-order valence-electron chi connectivity index (χ2n) is 5.62. The predicted octanol–water partition coefficient (Wildman–Crippen LogP) is 3.18. The van der Waals surface area contributed by atoms with Gasteiger partial charge in [0.05, 0.1) is 11.9 Å². The number of sulfonamides is 1. The van der Waals surface area contributed by atoms with E-state index in [2.05, 4.69) is 5.32 Å². The zero-order chi connectivity index (χ0) is 18.4. The van der Waals surface area contributed by atoms with Gasteiger partial charge < -0.3 is 5.32 Å². The minimum Gasteiger partial charge on any atom is -0.326 e. The standard InChI is InChI=1S/C18H21FN2O3S/c1-3-14-6-4-5-7-17(14)21(25(2,23)24)13-12-18(22)20-16-10-8-15(19)9-11-16/h4-11H,3,12-13H2,1-2H3,(H,20,22). The molecule has 0 radical (unpaired) electrons. The molecule has 0 saturated heterocycles. The van der Waals surface area contributed by atoms with Crippen molar-refractivity contribution < 1.29 is 17.6 Å². The summed E-state index contributed by atoms with van der Waals surface area (Å²) in [5.41, 5.74) is 1.94. The number of carbonyl (C=O) groups is 1. The summed E-state index contributed by atoms with van der Waals surface area (Å²) in [6, 6.07) is 12.6. The van der Waals surface area contributed by atoms with Gasteiger partial charge in [-0.25, -0.2) is 12.8 Å². The number of anilines is 2. The molecule has 2 rings (SSSR count). The van der Waals surface area contributed by atoms with Crippen LogP contribution in [-0.4, -0.2) is 27.1 Å². The van der Waals surface area contributed by atoms with Gasteiger partial charge in [-0.05, 0) is 42.3 Å². The molecule has 0 fully saturated rings. The highest BCUT2D eigenvalue weighted by atomic mass is 32.2. The fourth-order valence-corrected chi connectivity index (χ4v) is 3.44. The number of rotatable bonds is 7. The lowest BCUT2D eigenvalue weighted by Crippen LogP contribution is -2.33. The average Bonchev–Trinajstić information content (AvgIpc) is 2.56. The number of aryl methyl sites for hydroxylation is 1. The Morgan fingerprint density at radius 1 is 1.12 bits per heavy atom. The number of benzene rings is 2. The monoisotopic (exact) mass is 364 g/mol. The second-order valence-corrected chi connectivity index (χ2v) is 7.53. The minimum absolute atomic E-state index is 0.0114. The Bertz CT molecular complexity index is 836. The number of nitrogens with one attached hydrogen (secondary N) is 1. The number of amides is 1. The van der Waals surface area contributed by atoms with Crippen LogP contribution in [0, 0.1) is 5.82 Å². The molecule has 0 unspecified atom stereocenters. The van der Waals surface area contributed by atoms with Crippen molar-refractivity contribution >= 4 is 27.3 Å². The van der Waals surface area contributed by atoms with E-state index >= 15 is 0 Å². The van der Waals surface area contributed by atoms with Crippen LogP contribution in [0.15, 0.2) is 48.5 Å². The summed E-state index contributed by atoms with van der Waals surface area (Å²) in [4.78, 5) is 12.1. The molecule has 0 atom stereocenters. The van der Waals surface area contributed by atoms with E-state index in [0.29, 0.717) is 17.8 Å². The van der Waals surface area contributed by atoms with Crippen LogP contribution in [-0.2, 0) is 21.2 Å². The normalized spacial score (nSPS) is 11.2. The van der Waals surface area contributed by atoms with Crippen molar-refractivity contribution in [2.45, 2.75) is 19.8 Å². The van der Waals surface area contributed by atoms with Crippen LogP contribution < -0.4 is 9.62 Å². The van der Waals surface area contributed by atoms with E-state index in [0.717, 1.165) is 11.8 Å². The first-order valence-electron chi connectivity index (χ1n) is 7.92. The first kappa shape index (κ1) is 18.9. The van der Waals surface area contributed by atoms with Crippen molar-refractivity contribution in [3.63, 3.8) is 0 Å². The third-order valence-corrected chi connectivity index (χ3v) is 4.89. The third kappa shape index (κ3) is 5.29. The summed E-state index contributed by atoms with van der Waals surface area (Å²) in [6.07, 6.45) is 1.80. The van der Waals surface area contributed by atoms with Crippen LogP contribution in [0.1, 0.15) is 18.9 Å². The lowest BCUT2D eigenvalue weighted by molar-refractivity contribution is -0.116. The quantitative estimate of drug-likeness (QED) is 0.820. The maximum absolute atomic E-state index is 12.9. The SMILES string of the molecule is CCc1ccccc1N(CCC(=O)Nc1ccc(F)cc1)S(C)(=O)=O. The molecule has 0 aliphatic rings. The number of hydrogen-bond donors (Lipinski definition) is 1. The lowest BCUT2D eigenvalue weighted by Gasteiger charge is -2.24. The molecule has 7 heteroatoms. The summed E-state index contributed by atoms with van der Waals surface area (Å²) < 4.78 is 38.5. The molecule has 1 amide bonds. The van der Waals surface area contributed by atoms with E-state index in [-0.39, 0.29) is 18.9 Å². The number of para-hydroxylation sites is 1. The fraction of sp³-hybridized carbons (Fsp3) is 0.278. The van der Waals surface area contributed by atoms with Gasteiger partial charge in [-0.15, -0.1) is 0 Å². The zero-order valence-electron chi connectivity index (χ0n) is 14.2. The van der Waals surface area contributed by atoms with Crippen molar-refractivity contribution in [1.82, 2.24) is 0 Å². The van der Waals surface area contributed by atoms with E-state index < -0.39 is 15.8 Å². The van der Waals surface area contributed by atoms with Crippen molar-refractivity contribution in [3.8, 4) is 0 Å². The second kappa shape index (κ2) is 8.11. The van der Waals surface area contributed by atoms with Gasteiger partial charge >= 0.3 is 0 Å². The predicted molar refractivity (Wildman–Crippen MR) is 97.7 cm³/mol. The molecule has 2 aromatic rings. The van der Waals surface area contributed by atoms with Crippen LogP contribution in [0.3, 0.4) is 0 Å². The van der Waals surface area contributed by atoms with Gasteiger partial charge in [0.1, 0.15) is 5.82 Å². The summed E-state index contributed by atoms with van der Waals surface area (Å²) in [5.74, 6) is -0.730. The van der Waals surface area contributed by atoms with Crippen LogP contribution in [0.4, 0.5) is 15.8 Å². The van der Waals surface area contributed by atoms with Gasteiger partial charge in [0.2, 0.25) is 15.9 Å². The van der Waals surface area contributed by atoms with Crippen molar-refractivity contribution in [2.24, 2.45) is 0 Å². The Labute approximate surface area is 147 Å². The lowest BCUT2D eigenvalue weighted by atomic mass is 10.1. The van der Waals surface area contributed by atoms with Crippen LogP contribution in [0.25, 0.3) is 0 Å². The molecule has 0 aliphatic heterocycles. The molecule has 0 saturated carbocycles. The molecule has 134 valence electrons. The van der Waals surface area contributed by atoms with E-state index in [1.54, 1.807) is 12.1 Å². The van der Waals surface area contributed by atoms with E-state index in [9.17, 15) is 17.6 Å². The van der Waals surface area contributed by atoms with E-state index in [1.807, 2.05) is 19.1 Å². The van der Waals surface area contributed by atoms with Crippen LogP contribution in [0.5, 0.6) is 0 Å². The molecule has 5 nitrogen and oxygen atoms in total. The summed E-state index contributed by atoms with van der Waals surface area (Å²) >= 11 is 0. The topological polar surface area (TPSA) is 66.5 Å². The van der Waals surface area contributed by atoms with Crippen LogP contribution >= 0.6 is 0 Å². The third-order valence-electron chi connectivity index (χ3n) is 3.71. The molecule has 0 heterocycles. The van der Waals surface area contributed by atoms with Gasteiger partial charge in [0.15, 0.2) is 0 Å². The maximum atomic E-state index is 12.9. The Kier molecular flexibility index (Phi) is 6.14. The molecule has 2 aromatic carbocycles. The largest absolute Gasteiger partial charge is 0.326 e. The molecule has 25 heavy (non-hydrogen) atoms. The molecular formula is C18H21FN2O3S. The van der Waals surface area contributed by atoms with Crippen molar-refractivity contribution in [1.29, 1.82) is 0 Å². The maximum Gasteiger partial charge on any atom is 0.232 e. The Morgan fingerprint density at radius 3 is 2.36 bits per heavy atom. The number of halogens is 1. The molecule has 0 aromatic heterocycles. The molecular weight excluding hydrogens is 343 g/mol. The van der Waals surface area contributed by atoms with E-state index in [1.165, 1.54) is 28.6 Å². The first-order valence-corrected chi connectivity index (χ1v) is 9.77. The summed E-state index contributed by atoms with van der Waals surface area (Å²) in [5, 5.41) is 2.63. The van der Waals surface area contributed by atoms with Gasteiger partial charge in [-0.2, -0.15) is 0 Å². The highest BCUT2D eigenvalue weighted by Crippen LogP contribution is 2.23. The fourth-order valence-electron chi connectivity index (χ4n) is 2.48. The molecule has 0 spiro atoms. The highest BCUT2D eigenvalue weighted by Gasteiger charge is 2.20. The molecule has 1 N–H and O–H groups in total. The minimum atomic E-state index is -3.52. The number of nitrogens with zero attached hydrogens (tertiary/aromatic N) is 1. The zero-order valence-corrected chi connectivity index (χ0v) is 15.0. The van der Waals surface area contributed by atoms with Gasteiger partial charge in [-0.1, -0.05) is 25.1 Å². The van der Waals surface area contributed by atoms with Gasteiger partial charge in [0, 0.05) is 18.7 Å². The number of hydrogen-bond acceptors (Lipinski definition) is 3. The van der Waals surface area contributed by atoms with Crippen molar-refractivity contribution in [3.05, 3.63) is 59.9 Å². The molecule has 0 aliphatic carbocycles. The highest BCUT2D eigenvalue weighted by molar-refractivity contribution is 7.92. The van der Waals surface area contributed by atoms with Crippen LogP contribution in [0.2, 0.25) is 0 Å². The Balaban J connectivity index is 2.10. The smallest absolute Gasteiger partial charge is 0.232 e. The molecule has 0 bridgehead atoms.